The van der Waals surface area contributed by atoms with E-state index in [1.165, 1.54) is 0 Å². The maximum Gasteiger partial charge on any atom is 0.239 e. The van der Waals surface area contributed by atoms with Crippen LogP contribution >= 0.6 is 0 Å². The Hall–Kier alpha value is -1.85. The second-order valence-corrected chi connectivity index (χ2v) is 3.56. The van der Waals surface area contributed by atoms with Gasteiger partial charge in [-0.25, -0.2) is 4.98 Å². The number of likely N-dealkylation sites (N-methyl/N-ethyl adjacent to an activating group) is 1. The highest BCUT2D eigenvalue weighted by molar-refractivity contribution is 5.80. The second kappa shape index (κ2) is 6.67. The van der Waals surface area contributed by atoms with E-state index in [0.717, 1.165) is 12.1 Å². The predicted octanol–water partition coefficient (Wildman–Crippen LogP) is 0.765. The normalized spacial score (nSPS) is 9.82. The highest BCUT2D eigenvalue weighted by Gasteiger charge is 2.05. The largest absolute Gasteiger partial charge is 0.361 e. The summed E-state index contributed by atoms with van der Waals surface area (Å²) in [6.07, 6.45) is 1.73. The molecule has 0 aliphatic rings. The van der Waals surface area contributed by atoms with E-state index in [-0.39, 0.29) is 12.5 Å². The number of aromatic nitrogens is 2. The van der Waals surface area contributed by atoms with Gasteiger partial charge >= 0.3 is 0 Å². The lowest BCUT2D eigenvalue weighted by atomic mass is 10.3. The Morgan fingerprint density at radius 1 is 1.29 bits per heavy atom. The number of anilines is 2. The molecule has 0 saturated heterocycles. The topological polar surface area (TPSA) is 78.9 Å². The number of nitrogens with one attached hydrogen (secondary N) is 3. The first-order valence-electron chi connectivity index (χ1n) is 5.75. The fraction of sp³-hybridized carbons (Fsp3) is 0.545. The molecule has 1 rings (SSSR count). The van der Waals surface area contributed by atoms with E-state index in [1.54, 1.807) is 6.20 Å². The van der Waals surface area contributed by atoms with Gasteiger partial charge in [0.05, 0.1) is 6.54 Å². The van der Waals surface area contributed by atoms with Crippen LogP contribution in [0.2, 0.25) is 0 Å². The average Bonchev–Trinajstić information content (AvgIpc) is 2.30. The highest BCUT2D eigenvalue weighted by atomic mass is 16.1. The third-order valence-electron chi connectivity index (χ3n) is 2.10. The SMILES string of the molecule is CCNC(=O)CNc1nc(NCC)ncc1C. The maximum absolute atomic E-state index is 11.3. The molecule has 94 valence electrons. The van der Waals surface area contributed by atoms with Crippen molar-refractivity contribution in [3.63, 3.8) is 0 Å². The summed E-state index contributed by atoms with van der Waals surface area (Å²) in [5.74, 6) is 1.20. The zero-order valence-electron chi connectivity index (χ0n) is 10.5. The Morgan fingerprint density at radius 2 is 2.06 bits per heavy atom. The molecular formula is C11H19N5O. The first-order chi connectivity index (χ1) is 8.17. The van der Waals surface area contributed by atoms with Gasteiger partial charge in [-0.05, 0) is 20.8 Å². The maximum atomic E-state index is 11.3. The summed E-state index contributed by atoms with van der Waals surface area (Å²) in [6, 6.07) is 0. The van der Waals surface area contributed by atoms with Gasteiger partial charge in [0.25, 0.3) is 0 Å². The molecule has 0 unspecified atom stereocenters. The summed E-state index contributed by atoms with van der Waals surface area (Å²) in [6.45, 7) is 7.37. The van der Waals surface area contributed by atoms with Crippen LogP contribution in [0.3, 0.4) is 0 Å². The van der Waals surface area contributed by atoms with Crippen molar-refractivity contribution >= 4 is 17.7 Å². The highest BCUT2D eigenvalue weighted by Crippen LogP contribution is 2.11. The molecule has 6 heteroatoms. The van der Waals surface area contributed by atoms with Crippen molar-refractivity contribution in [1.82, 2.24) is 15.3 Å². The molecule has 0 bridgehead atoms. The van der Waals surface area contributed by atoms with Gasteiger partial charge in [-0.1, -0.05) is 0 Å². The molecule has 1 aromatic rings. The molecule has 0 radical (unpaired) electrons. The number of nitrogens with zero attached hydrogens (tertiary/aromatic N) is 2. The fourth-order valence-corrected chi connectivity index (χ4v) is 1.29. The number of carbonyl (C=O) groups is 1. The Kier molecular flexibility index (Phi) is 5.19. The zero-order chi connectivity index (χ0) is 12.7. The molecule has 6 nitrogen and oxygen atoms in total. The lowest BCUT2D eigenvalue weighted by molar-refractivity contribution is -0.119. The van der Waals surface area contributed by atoms with Gasteiger partial charge in [-0.15, -0.1) is 0 Å². The van der Waals surface area contributed by atoms with Crippen LogP contribution < -0.4 is 16.0 Å². The van der Waals surface area contributed by atoms with Crippen LogP contribution in [0, 0.1) is 6.92 Å². The van der Waals surface area contributed by atoms with Crippen molar-refractivity contribution in [2.45, 2.75) is 20.8 Å². The second-order valence-electron chi connectivity index (χ2n) is 3.56. The number of rotatable bonds is 6. The van der Waals surface area contributed by atoms with Gasteiger partial charge in [-0.2, -0.15) is 4.98 Å². The van der Waals surface area contributed by atoms with Crippen LogP contribution in [-0.4, -0.2) is 35.5 Å². The van der Waals surface area contributed by atoms with Gasteiger partial charge in [0.15, 0.2) is 0 Å². The monoisotopic (exact) mass is 237 g/mol. The Labute approximate surface area is 101 Å². The van der Waals surface area contributed by atoms with Gasteiger partial charge in [0.1, 0.15) is 5.82 Å². The molecular weight excluding hydrogens is 218 g/mol. The molecule has 0 saturated carbocycles. The molecule has 0 spiro atoms. The van der Waals surface area contributed by atoms with Crippen molar-refractivity contribution in [2.24, 2.45) is 0 Å². The molecule has 1 heterocycles. The van der Waals surface area contributed by atoms with Gasteiger partial charge in [0, 0.05) is 24.8 Å². The average molecular weight is 237 g/mol. The molecule has 0 aliphatic carbocycles. The molecule has 3 N–H and O–H groups in total. The van der Waals surface area contributed by atoms with Crippen LogP contribution in [0.15, 0.2) is 6.20 Å². The number of amides is 1. The van der Waals surface area contributed by atoms with Crippen molar-refractivity contribution in [3.8, 4) is 0 Å². The lowest BCUT2D eigenvalue weighted by Crippen LogP contribution is -2.29. The molecule has 17 heavy (non-hydrogen) atoms. The van der Waals surface area contributed by atoms with Crippen LogP contribution in [0.25, 0.3) is 0 Å². The lowest BCUT2D eigenvalue weighted by Gasteiger charge is -2.09. The van der Waals surface area contributed by atoms with Crippen LogP contribution in [0.4, 0.5) is 11.8 Å². The van der Waals surface area contributed by atoms with Crippen molar-refractivity contribution < 1.29 is 4.79 Å². The number of carbonyl (C=O) groups excluding carboxylic acids is 1. The quantitative estimate of drug-likeness (QED) is 0.681. The minimum Gasteiger partial charge on any atom is -0.361 e. The summed E-state index contributed by atoms with van der Waals surface area (Å²) in [4.78, 5) is 19.7. The smallest absolute Gasteiger partial charge is 0.239 e. The number of aryl methyl sites for hydroxylation is 1. The number of hydrogen-bond acceptors (Lipinski definition) is 5. The third-order valence-corrected chi connectivity index (χ3v) is 2.10. The zero-order valence-corrected chi connectivity index (χ0v) is 10.5. The van der Waals surface area contributed by atoms with Crippen LogP contribution in [0.5, 0.6) is 0 Å². The molecule has 0 atom stereocenters. The number of hydrogen-bond donors (Lipinski definition) is 3. The Bertz CT molecular complexity index is 380. The minimum atomic E-state index is -0.0458. The fourth-order valence-electron chi connectivity index (χ4n) is 1.29. The summed E-state index contributed by atoms with van der Waals surface area (Å²) >= 11 is 0. The van der Waals surface area contributed by atoms with E-state index >= 15 is 0 Å². The van der Waals surface area contributed by atoms with E-state index in [0.29, 0.717) is 18.3 Å². The summed E-state index contributed by atoms with van der Waals surface area (Å²) in [7, 11) is 0. The minimum absolute atomic E-state index is 0.0458. The van der Waals surface area contributed by atoms with Crippen molar-refractivity contribution in [2.75, 3.05) is 30.3 Å². The molecule has 0 aliphatic heterocycles. The van der Waals surface area contributed by atoms with Crippen molar-refractivity contribution in [1.29, 1.82) is 0 Å². The molecule has 1 aromatic heterocycles. The van der Waals surface area contributed by atoms with Gasteiger partial charge < -0.3 is 16.0 Å². The van der Waals surface area contributed by atoms with E-state index in [2.05, 4.69) is 25.9 Å². The van der Waals surface area contributed by atoms with Gasteiger partial charge in [-0.3, -0.25) is 4.79 Å². The molecule has 0 aromatic carbocycles. The summed E-state index contributed by atoms with van der Waals surface area (Å²) in [5, 5.41) is 8.73. The summed E-state index contributed by atoms with van der Waals surface area (Å²) < 4.78 is 0. The summed E-state index contributed by atoms with van der Waals surface area (Å²) in [5.41, 5.74) is 0.913. The van der Waals surface area contributed by atoms with E-state index < -0.39 is 0 Å². The first-order valence-corrected chi connectivity index (χ1v) is 5.75. The first kappa shape index (κ1) is 13.2. The third kappa shape index (κ3) is 4.26. The standard InChI is InChI=1S/C11H19N5O/c1-4-12-9(17)7-14-10-8(3)6-15-11(16-10)13-5-2/h6H,4-5,7H2,1-3H3,(H,12,17)(H2,13,14,15,16). The molecule has 1 amide bonds. The van der Waals surface area contributed by atoms with E-state index in [4.69, 9.17) is 0 Å². The van der Waals surface area contributed by atoms with Gasteiger partial charge in [0.2, 0.25) is 11.9 Å². The van der Waals surface area contributed by atoms with E-state index in [1.807, 2.05) is 20.8 Å². The molecule has 0 fully saturated rings. The Balaban J connectivity index is 2.62. The van der Waals surface area contributed by atoms with Crippen LogP contribution in [0.1, 0.15) is 19.4 Å². The van der Waals surface area contributed by atoms with E-state index in [9.17, 15) is 4.79 Å². The van der Waals surface area contributed by atoms with Crippen molar-refractivity contribution in [3.05, 3.63) is 11.8 Å². The predicted molar refractivity (Wildman–Crippen MR) is 68.1 cm³/mol. The Morgan fingerprint density at radius 3 is 2.71 bits per heavy atom. The van der Waals surface area contributed by atoms with Crippen LogP contribution in [-0.2, 0) is 4.79 Å².